The van der Waals surface area contributed by atoms with Crippen LogP contribution in [0.3, 0.4) is 0 Å². The number of ether oxygens (including phenoxy) is 1. The number of halogens is 4. The number of hydrogen-bond donors (Lipinski definition) is 1. The first-order valence-electron chi connectivity index (χ1n) is 6.31. The van der Waals surface area contributed by atoms with Gasteiger partial charge in [-0.15, -0.1) is 0 Å². The molecule has 0 spiro atoms. The molecule has 0 radical (unpaired) electrons. The second kappa shape index (κ2) is 7.22. The summed E-state index contributed by atoms with van der Waals surface area (Å²) in [7, 11) is 0. The highest BCUT2D eigenvalue weighted by molar-refractivity contribution is 9.11. The summed E-state index contributed by atoms with van der Waals surface area (Å²) in [5.41, 5.74) is 1.11. The van der Waals surface area contributed by atoms with Gasteiger partial charge in [0, 0.05) is 22.6 Å². The van der Waals surface area contributed by atoms with Gasteiger partial charge < -0.3 is 10.1 Å². The predicted octanol–water partition coefficient (Wildman–Crippen LogP) is 5.50. The van der Waals surface area contributed by atoms with Crippen molar-refractivity contribution in [1.29, 1.82) is 0 Å². The van der Waals surface area contributed by atoms with Gasteiger partial charge >= 0.3 is 0 Å². The second-order valence-corrected chi connectivity index (χ2v) is 6.06. The van der Waals surface area contributed by atoms with Crippen LogP contribution >= 0.6 is 31.9 Å². The highest BCUT2D eigenvalue weighted by atomic mass is 79.9. The fourth-order valence-electron chi connectivity index (χ4n) is 1.87. The van der Waals surface area contributed by atoms with Crippen LogP contribution in [0.15, 0.2) is 39.3 Å². The zero-order valence-corrected chi connectivity index (χ0v) is 14.4. The van der Waals surface area contributed by atoms with Crippen LogP contribution < -0.4 is 10.1 Å². The van der Waals surface area contributed by atoms with Crippen LogP contribution in [-0.4, -0.2) is 6.61 Å². The number of anilines is 1. The van der Waals surface area contributed by atoms with Gasteiger partial charge in [0.05, 0.1) is 16.8 Å². The van der Waals surface area contributed by atoms with Gasteiger partial charge in [-0.2, -0.15) is 0 Å². The van der Waals surface area contributed by atoms with Gasteiger partial charge in [-0.1, -0.05) is 15.9 Å². The Balaban J connectivity index is 2.22. The lowest BCUT2D eigenvalue weighted by atomic mass is 10.2. The van der Waals surface area contributed by atoms with E-state index in [0.29, 0.717) is 18.9 Å². The lowest BCUT2D eigenvalue weighted by Crippen LogP contribution is -2.05. The Morgan fingerprint density at radius 1 is 1.14 bits per heavy atom. The standard InChI is InChI=1S/C15H13Br2F2NO/c1-2-21-15-9(5-10(16)6-12(15)17)8-20-14-4-3-11(18)7-13(14)19/h3-7,20H,2,8H2,1H3. The van der Waals surface area contributed by atoms with E-state index in [0.717, 1.165) is 20.6 Å². The van der Waals surface area contributed by atoms with Crippen LogP contribution in [0.1, 0.15) is 12.5 Å². The first-order chi connectivity index (χ1) is 10.0. The van der Waals surface area contributed by atoms with E-state index < -0.39 is 11.6 Å². The number of rotatable bonds is 5. The van der Waals surface area contributed by atoms with Crippen molar-refractivity contribution in [2.24, 2.45) is 0 Å². The molecule has 2 rings (SSSR count). The Bertz CT molecular complexity index is 650. The fraction of sp³-hybridized carbons (Fsp3) is 0.200. The van der Waals surface area contributed by atoms with Crippen LogP contribution in [0.25, 0.3) is 0 Å². The summed E-state index contributed by atoms with van der Waals surface area (Å²) in [6, 6.07) is 7.21. The first-order valence-corrected chi connectivity index (χ1v) is 7.89. The third-order valence-electron chi connectivity index (χ3n) is 2.77. The lowest BCUT2D eigenvalue weighted by Gasteiger charge is -2.14. The van der Waals surface area contributed by atoms with Crippen molar-refractivity contribution in [2.45, 2.75) is 13.5 Å². The van der Waals surface area contributed by atoms with Gasteiger partial charge in [0.25, 0.3) is 0 Å². The molecule has 0 unspecified atom stereocenters. The molecule has 6 heteroatoms. The molecule has 21 heavy (non-hydrogen) atoms. The Morgan fingerprint density at radius 3 is 2.57 bits per heavy atom. The summed E-state index contributed by atoms with van der Waals surface area (Å²) in [5.74, 6) is -0.518. The summed E-state index contributed by atoms with van der Waals surface area (Å²) in [6.07, 6.45) is 0. The van der Waals surface area contributed by atoms with E-state index >= 15 is 0 Å². The average Bonchev–Trinajstić information content (AvgIpc) is 2.41. The minimum absolute atomic E-state index is 0.245. The summed E-state index contributed by atoms with van der Waals surface area (Å²) in [4.78, 5) is 0. The highest BCUT2D eigenvalue weighted by Crippen LogP contribution is 2.33. The van der Waals surface area contributed by atoms with Gasteiger partial charge in [0.2, 0.25) is 0 Å². The highest BCUT2D eigenvalue weighted by Gasteiger charge is 2.11. The third-order valence-corrected chi connectivity index (χ3v) is 3.82. The van der Waals surface area contributed by atoms with Crippen LogP contribution in [0.5, 0.6) is 5.75 Å². The monoisotopic (exact) mass is 419 g/mol. The smallest absolute Gasteiger partial charge is 0.149 e. The zero-order chi connectivity index (χ0) is 15.4. The van der Waals surface area contributed by atoms with Crippen LogP contribution in [-0.2, 0) is 6.54 Å². The van der Waals surface area contributed by atoms with E-state index in [2.05, 4.69) is 37.2 Å². The molecule has 0 aliphatic rings. The van der Waals surface area contributed by atoms with Crippen molar-refractivity contribution in [2.75, 3.05) is 11.9 Å². The van der Waals surface area contributed by atoms with Crippen molar-refractivity contribution in [3.63, 3.8) is 0 Å². The number of nitrogens with one attached hydrogen (secondary N) is 1. The van der Waals surface area contributed by atoms with Gasteiger partial charge in [0.1, 0.15) is 17.4 Å². The molecule has 0 saturated heterocycles. The molecule has 0 bridgehead atoms. The summed E-state index contributed by atoms with van der Waals surface area (Å²) >= 11 is 6.85. The minimum Gasteiger partial charge on any atom is -0.492 e. The molecular weight excluding hydrogens is 408 g/mol. The molecule has 0 saturated carbocycles. The van der Waals surface area contributed by atoms with E-state index in [4.69, 9.17) is 4.74 Å². The summed E-state index contributed by atoms with van der Waals surface area (Å²) < 4.78 is 33.8. The van der Waals surface area contributed by atoms with E-state index in [1.807, 2.05) is 19.1 Å². The molecule has 112 valence electrons. The SMILES string of the molecule is CCOc1c(Br)cc(Br)cc1CNc1ccc(F)cc1F. The van der Waals surface area contributed by atoms with Crippen LogP contribution in [0, 0.1) is 11.6 Å². The molecule has 2 aromatic carbocycles. The van der Waals surface area contributed by atoms with E-state index in [1.165, 1.54) is 12.1 Å². The second-order valence-electron chi connectivity index (χ2n) is 4.29. The summed E-state index contributed by atoms with van der Waals surface area (Å²) in [5, 5.41) is 2.95. The zero-order valence-electron chi connectivity index (χ0n) is 11.2. The van der Waals surface area contributed by atoms with Crippen molar-refractivity contribution in [1.82, 2.24) is 0 Å². The maximum atomic E-state index is 13.6. The molecule has 0 aliphatic heterocycles. The molecule has 1 N–H and O–H groups in total. The lowest BCUT2D eigenvalue weighted by molar-refractivity contribution is 0.334. The Kier molecular flexibility index (Phi) is 5.58. The molecule has 2 nitrogen and oxygen atoms in total. The molecule has 0 aromatic heterocycles. The minimum atomic E-state index is -0.623. The van der Waals surface area contributed by atoms with Gasteiger partial charge in [-0.25, -0.2) is 8.78 Å². The Morgan fingerprint density at radius 2 is 1.90 bits per heavy atom. The maximum Gasteiger partial charge on any atom is 0.149 e. The fourth-order valence-corrected chi connectivity index (χ4v) is 3.30. The first kappa shape index (κ1) is 16.2. The van der Waals surface area contributed by atoms with E-state index in [9.17, 15) is 8.78 Å². The number of benzene rings is 2. The molecule has 0 atom stereocenters. The average molecular weight is 421 g/mol. The van der Waals surface area contributed by atoms with E-state index in [1.54, 1.807) is 0 Å². The molecule has 0 amide bonds. The molecular formula is C15H13Br2F2NO. The summed E-state index contributed by atoms with van der Waals surface area (Å²) in [6.45, 7) is 2.78. The van der Waals surface area contributed by atoms with Crippen molar-refractivity contribution in [3.05, 3.63) is 56.5 Å². The van der Waals surface area contributed by atoms with Crippen LogP contribution in [0.4, 0.5) is 14.5 Å². The topological polar surface area (TPSA) is 21.3 Å². The predicted molar refractivity (Wildman–Crippen MR) is 86.7 cm³/mol. The van der Waals surface area contributed by atoms with Gasteiger partial charge in [-0.05, 0) is 47.1 Å². The van der Waals surface area contributed by atoms with Gasteiger partial charge in [-0.3, -0.25) is 0 Å². The van der Waals surface area contributed by atoms with E-state index in [-0.39, 0.29) is 5.69 Å². The molecule has 0 heterocycles. The quantitative estimate of drug-likeness (QED) is 0.689. The maximum absolute atomic E-state index is 13.6. The molecule has 2 aromatic rings. The Labute approximate surface area is 138 Å². The largest absolute Gasteiger partial charge is 0.492 e. The van der Waals surface area contributed by atoms with Crippen molar-refractivity contribution < 1.29 is 13.5 Å². The molecule has 0 fully saturated rings. The number of hydrogen-bond acceptors (Lipinski definition) is 2. The van der Waals surface area contributed by atoms with Crippen molar-refractivity contribution >= 4 is 37.5 Å². The van der Waals surface area contributed by atoms with Crippen LogP contribution in [0.2, 0.25) is 0 Å². The third kappa shape index (κ3) is 4.17. The van der Waals surface area contributed by atoms with Gasteiger partial charge in [0.15, 0.2) is 0 Å². The van der Waals surface area contributed by atoms with Crippen molar-refractivity contribution in [3.8, 4) is 5.75 Å². The molecule has 0 aliphatic carbocycles. The normalized spacial score (nSPS) is 10.5. The Hall–Kier alpha value is -1.14.